The number of benzene rings is 3. The van der Waals surface area contributed by atoms with Crippen LogP contribution in [0.15, 0.2) is 77.6 Å². The van der Waals surface area contributed by atoms with Gasteiger partial charge in [0.1, 0.15) is 12.4 Å². The van der Waals surface area contributed by atoms with Gasteiger partial charge in [-0.3, -0.25) is 9.36 Å². The van der Waals surface area contributed by atoms with Crippen LogP contribution in [0, 0.1) is 6.92 Å². The van der Waals surface area contributed by atoms with Crippen molar-refractivity contribution in [2.24, 2.45) is 0 Å². The summed E-state index contributed by atoms with van der Waals surface area (Å²) >= 11 is 0. The average molecular weight is 487 g/mol. The molecule has 1 unspecified atom stereocenters. The maximum atomic E-state index is 13.4. The van der Waals surface area contributed by atoms with Gasteiger partial charge in [-0.2, -0.15) is 0 Å². The number of para-hydroxylation sites is 1. The lowest BCUT2D eigenvalue weighted by Gasteiger charge is -2.16. The lowest BCUT2D eigenvalue weighted by molar-refractivity contribution is -0.156. The molecule has 1 aromatic heterocycles. The SMILES string of the molecule is CCOC(=O)C(Cc1ccc(OCc2nc3ccccc3c(=O)n2-c2ccc(C)cc2)cc1)OCC. The van der Waals surface area contributed by atoms with Crippen LogP contribution in [0.5, 0.6) is 5.75 Å². The molecule has 0 fully saturated rings. The van der Waals surface area contributed by atoms with Crippen molar-refractivity contribution in [2.45, 2.75) is 39.9 Å². The van der Waals surface area contributed by atoms with E-state index in [4.69, 9.17) is 19.2 Å². The Morgan fingerprint density at radius 1 is 0.944 bits per heavy atom. The van der Waals surface area contributed by atoms with Crippen LogP contribution in [0.2, 0.25) is 0 Å². The molecule has 186 valence electrons. The fraction of sp³-hybridized carbons (Fsp3) is 0.276. The van der Waals surface area contributed by atoms with E-state index in [1.165, 1.54) is 0 Å². The number of nitrogens with zero attached hydrogens (tertiary/aromatic N) is 2. The summed E-state index contributed by atoms with van der Waals surface area (Å²) in [6.45, 7) is 6.47. The van der Waals surface area contributed by atoms with Gasteiger partial charge in [-0.25, -0.2) is 9.78 Å². The number of hydrogen-bond donors (Lipinski definition) is 0. The molecular formula is C29H30N2O5. The predicted molar refractivity (Wildman–Crippen MR) is 139 cm³/mol. The minimum absolute atomic E-state index is 0.109. The van der Waals surface area contributed by atoms with Gasteiger partial charge in [-0.05, 0) is 62.7 Å². The Balaban J connectivity index is 1.56. The van der Waals surface area contributed by atoms with Gasteiger partial charge >= 0.3 is 5.97 Å². The number of rotatable bonds is 10. The molecule has 0 bridgehead atoms. The third kappa shape index (κ3) is 5.80. The van der Waals surface area contributed by atoms with E-state index in [0.717, 1.165) is 16.8 Å². The van der Waals surface area contributed by atoms with Crippen LogP contribution in [0.25, 0.3) is 16.6 Å². The molecule has 1 heterocycles. The van der Waals surface area contributed by atoms with Crippen LogP contribution >= 0.6 is 0 Å². The van der Waals surface area contributed by atoms with Crippen molar-refractivity contribution in [1.29, 1.82) is 0 Å². The third-order valence-corrected chi connectivity index (χ3v) is 5.77. The van der Waals surface area contributed by atoms with Gasteiger partial charge < -0.3 is 14.2 Å². The first-order valence-corrected chi connectivity index (χ1v) is 12.1. The number of aromatic nitrogens is 2. The van der Waals surface area contributed by atoms with Crippen LogP contribution in [0.1, 0.15) is 30.8 Å². The normalized spacial score (nSPS) is 11.9. The summed E-state index contributed by atoms with van der Waals surface area (Å²) in [6, 6.07) is 22.5. The summed E-state index contributed by atoms with van der Waals surface area (Å²) in [4.78, 5) is 30.2. The van der Waals surface area contributed by atoms with Crippen LogP contribution in [0.4, 0.5) is 0 Å². The minimum Gasteiger partial charge on any atom is -0.486 e. The molecule has 0 amide bonds. The van der Waals surface area contributed by atoms with Crippen molar-refractivity contribution in [3.63, 3.8) is 0 Å². The summed E-state index contributed by atoms with van der Waals surface area (Å²) < 4.78 is 18.3. The molecule has 0 spiro atoms. The molecule has 4 rings (SSSR count). The summed E-state index contributed by atoms with van der Waals surface area (Å²) in [5.74, 6) is 0.766. The van der Waals surface area contributed by atoms with Gasteiger partial charge in [0.25, 0.3) is 5.56 Å². The van der Waals surface area contributed by atoms with Crippen LogP contribution < -0.4 is 10.3 Å². The van der Waals surface area contributed by atoms with Crippen molar-refractivity contribution in [2.75, 3.05) is 13.2 Å². The summed E-state index contributed by atoms with van der Waals surface area (Å²) in [5, 5.41) is 0.552. The van der Waals surface area contributed by atoms with Gasteiger partial charge in [0.15, 0.2) is 11.9 Å². The zero-order chi connectivity index (χ0) is 25.5. The molecule has 7 nitrogen and oxygen atoms in total. The maximum Gasteiger partial charge on any atom is 0.335 e. The highest BCUT2D eigenvalue weighted by atomic mass is 16.6. The molecule has 7 heteroatoms. The van der Waals surface area contributed by atoms with Crippen molar-refractivity contribution < 1.29 is 19.0 Å². The van der Waals surface area contributed by atoms with Crippen molar-refractivity contribution in [3.8, 4) is 11.4 Å². The lowest BCUT2D eigenvalue weighted by atomic mass is 10.1. The smallest absolute Gasteiger partial charge is 0.335 e. The molecule has 0 aliphatic rings. The van der Waals surface area contributed by atoms with Gasteiger partial charge in [-0.1, -0.05) is 42.0 Å². The molecule has 1 atom stereocenters. The first kappa shape index (κ1) is 25.1. The summed E-state index contributed by atoms with van der Waals surface area (Å²) in [5.41, 5.74) is 3.25. The van der Waals surface area contributed by atoms with E-state index in [9.17, 15) is 9.59 Å². The highest BCUT2D eigenvalue weighted by Gasteiger charge is 2.20. The monoisotopic (exact) mass is 486 g/mol. The minimum atomic E-state index is -0.646. The zero-order valence-electron chi connectivity index (χ0n) is 20.8. The number of aryl methyl sites for hydroxylation is 1. The Labute approximate surface area is 210 Å². The van der Waals surface area contributed by atoms with Crippen molar-refractivity contribution in [3.05, 3.63) is 100 Å². The Morgan fingerprint density at radius 2 is 1.67 bits per heavy atom. The molecule has 0 saturated heterocycles. The topological polar surface area (TPSA) is 79.7 Å². The molecule has 0 aliphatic carbocycles. The number of carbonyl (C=O) groups is 1. The maximum absolute atomic E-state index is 13.4. The molecule has 0 saturated carbocycles. The Bertz CT molecular complexity index is 1380. The van der Waals surface area contributed by atoms with Gasteiger partial charge in [0.2, 0.25) is 0 Å². The molecule has 3 aromatic carbocycles. The first-order chi connectivity index (χ1) is 17.5. The summed E-state index contributed by atoms with van der Waals surface area (Å²) in [7, 11) is 0. The van der Waals surface area contributed by atoms with Crippen LogP contribution in [-0.2, 0) is 27.3 Å². The van der Waals surface area contributed by atoms with E-state index in [1.54, 1.807) is 17.6 Å². The second-order valence-electron chi connectivity index (χ2n) is 8.35. The molecule has 0 N–H and O–H groups in total. The van der Waals surface area contributed by atoms with Crippen molar-refractivity contribution in [1.82, 2.24) is 9.55 Å². The fourth-order valence-electron chi connectivity index (χ4n) is 3.97. The fourth-order valence-corrected chi connectivity index (χ4v) is 3.97. The van der Waals surface area contributed by atoms with E-state index < -0.39 is 6.10 Å². The Kier molecular flexibility index (Phi) is 8.13. The Hall–Kier alpha value is -3.97. The van der Waals surface area contributed by atoms with E-state index >= 15 is 0 Å². The summed E-state index contributed by atoms with van der Waals surface area (Å²) in [6.07, 6.45) is -0.237. The number of ether oxygens (including phenoxy) is 3. The van der Waals surface area contributed by atoms with Gasteiger partial charge in [0, 0.05) is 13.0 Å². The lowest BCUT2D eigenvalue weighted by Crippen LogP contribution is -2.28. The second kappa shape index (κ2) is 11.6. The number of hydrogen-bond acceptors (Lipinski definition) is 6. The Morgan fingerprint density at radius 3 is 2.36 bits per heavy atom. The molecule has 0 radical (unpaired) electrons. The van der Waals surface area contributed by atoms with Gasteiger partial charge in [0.05, 0.1) is 23.2 Å². The van der Waals surface area contributed by atoms with E-state index in [-0.39, 0.29) is 18.1 Å². The second-order valence-corrected chi connectivity index (χ2v) is 8.35. The zero-order valence-corrected chi connectivity index (χ0v) is 20.8. The first-order valence-electron chi connectivity index (χ1n) is 12.1. The standard InChI is InChI=1S/C29H30N2O5/c1-4-34-26(29(33)35-5-2)18-21-12-16-23(17-13-21)36-19-27-30-25-9-7-6-8-24(25)28(32)31(27)22-14-10-20(3)11-15-22/h6-17,26H,4-5,18-19H2,1-3H3. The number of fused-ring (bicyclic) bond motifs is 1. The van der Waals surface area contributed by atoms with Gasteiger partial charge in [-0.15, -0.1) is 0 Å². The average Bonchev–Trinajstić information content (AvgIpc) is 2.89. The number of carbonyl (C=O) groups excluding carboxylic acids is 1. The highest BCUT2D eigenvalue weighted by molar-refractivity contribution is 5.78. The predicted octanol–water partition coefficient (Wildman–Crippen LogP) is 4.78. The highest BCUT2D eigenvalue weighted by Crippen LogP contribution is 2.19. The van der Waals surface area contributed by atoms with E-state index in [0.29, 0.717) is 42.1 Å². The van der Waals surface area contributed by atoms with Crippen LogP contribution in [0.3, 0.4) is 0 Å². The largest absolute Gasteiger partial charge is 0.486 e. The van der Waals surface area contributed by atoms with E-state index in [1.807, 2.05) is 80.6 Å². The molecule has 0 aliphatic heterocycles. The third-order valence-electron chi connectivity index (χ3n) is 5.77. The number of esters is 1. The molecule has 4 aromatic rings. The quantitative estimate of drug-likeness (QED) is 0.300. The van der Waals surface area contributed by atoms with Crippen molar-refractivity contribution >= 4 is 16.9 Å². The molecule has 36 heavy (non-hydrogen) atoms. The molecular weight excluding hydrogens is 456 g/mol. The van der Waals surface area contributed by atoms with Crippen LogP contribution in [-0.4, -0.2) is 34.8 Å². The van der Waals surface area contributed by atoms with E-state index in [2.05, 4.69) is 0 Å².